The number of fused-ring (bicyclic) bond motifs is 1. The molecule has 0 spiro atoms. The molecule has 3 heteroatoms. The van der Waals surface area contributed by atoms with Crippen molar-refractivity contribution >= 4 is 0 Å². The highest BCUT2D eigenvalue weighted by Crippen LogP contribution is 2.42. The zero-order valence-electron chi connectivity index (χ0n) is 11.1. The van der Waals surface area contributed by atoms with Crippen molar-refractivity contribution in [3.05, 3.63) is 17.2 Å². The van der Waals surface area contributed by atoms with Crippen LogP contribution in [0.2, 0.25) is 0 Å². The van der Waals surface area contributed by atoms with E-state index in [0.29, 0.717) is 5.41 Å². The van der Waals surface area contributed by atoms with E-state index in [0.717, 1.165) is 25.9 Å². The van der Waals surface area contributed by atoms with E-state index in [1.54, 1.807) is 0 Å². The first kappa shape index (κ1) is 11.3. The van der Waals surface area contributed by atoms with Gasteiger partial charge < -0.3 is 9.88 Å². The van der Waals surface area contributed by atoms with Gasteiger partial charge in [0, 0.05) is 38.2 Å². The van der Waals surface area contributed by atoms with Crippen LogP contribution >= 0.6 is 0 Å². The summed E-state index contributed by atoms with van der Waals surface area (Å²) in [6, 6.07) is 0. The molecule has 94 valence electrons. The molecule has 1 saturated carbocycles. The van der Waals surface area contributed by atoms with Crippen LogP contribution in [0.3, 0.4) is 0 Å². The van der Waals surface area contributed by atoms with E-state index in [2.05, 4.69) is 23.7 Å². The molecule has 0 unspecified atom stereocenters. The van der Waals surface area contributed by atoms with Crippen molar-refractivity contribution in [3.63, 3.8) is 0 Å². The molecule has 3 rings (SSSR count). The second-order valence-corrected chi connectivity index (χ2v) is 5.95. The summed E-state index contributed by atoms with van der Waals surface area (Å²) in [6.07, 6.45) is 6.40. The third-order valence-corrected chi connectivity index (χ3v) is 4.48. The normalized spacial score (nSPS) is 22.0. The van der Waals surface area contributed by atoms with Crippen LogP contribution in [0.1, 0.15) is 50.3 Å². The van der Waals surface area contributed by atoms with Crippen LogP contribution in [-0.2, 0) is 25.9 Å². The summed E-state index contributed by atoms with van der Waals surface area (Å²) in [5.74, 6) is 1.30. The number of rotatable bonds is 3. The van der Waals surface area contributed by atoms with Gasteiger partial charge in [-0.05, 0) is 18.3 Å². The van der Waals surface area contributed by atoms with Crippen molar-refractivity contribution in [2.24, 2.45) is 5.41 Å². The Morgan fingerprint density at radius 3 is 2.88 bits per heavy atom. The molecule has 0 aromatic carbocycles. The molecular weight excluding hydrogens is 210 g/mol. The number of aryl methyl sites for hydroxylation is 1. The summed E-state index contributed by atoms with van der Waals surface area (Å²) in [5.41, 5.74) is 3.35. The Hall–Kier alpha value is -0.830. The van der Waals surface area contributed by atoms with Crippen LogP contribution < -0.4 is 5.32 Å². The van der Waals surface area contributed by atoms with Crippen LogP contribution in [0.25, 0.3) is 0 Å². The van der Waals surface area contributed by atoms with E-state index in [-0.39, 0.29) is 0 Å². The molecular formula is C14H23N3. The fourth-order valence-electron chi connectivity index (χ4n) is 3.20. The summed E-state index contributed by atoms with van der Waals surface area (Å²) in [6.45, 7) is 7.92. The molecule has 0 saturated heterocycles. The standard InChI is InChI=1S/C14H23N3/c1-3-13-16-11-9-15-8-5-12(11)17(13)10-14(2)6-4-7-14/h15H,3-10H2,1-2H3. The van der Waals surface area contributed by atoms with Gasteiger partial charge in [-0.3, -0.25) is 0 Å². The third kappa shape index (κ3) is 1.90. The maximum atomic E-state index is 4.81. The van der Waals surface area contributed by atoms with Gasteiger partial charge in [0.15, 0.2) is 0 Å². The molecule has 2 aliphatic rings. The third-order valence-electron chi connectivity index (χ3n) is 4.48. The molecule has 3 nitrogen and oxygen atoms in total. The highest BCUT2D eigenvalue weighted by atomic mass is 15.1. The van der Waals surface area contributed by atoms with Crippen LogP contribution in [0, 0.1) is 5.41 Å². The second-order valence-electron chi connectivity index (χ2n) is 5.95. The first-order valence-electron chi connectivity index (χ1n) is 7.00. The zero-order valence-corrected chi connectivity index (χ0v) is 11.1. The maximum Gasteiger partial charge on any atom is 0.108 e. The Morgan fingerprint density at radius 1 is 1.41 bits per heavy atom. The Balaban J connectivity index is 1.93. The smallest absolute Gasteiger partial charge is 0.108 e. The lowest BCUT2D eigenvalue weighted by atomic mass is 9.70. The van der Waals surface area contributed by atoms with Crippen LogP contribution in [0.15, 0.2) is 0 Å². The van der Waals surface area contributed by atoms with Gasteiger partial charge in [0.25, 0.3) is 0 Å². The number of imidazole rings is 1. The van der Waals surface area contributed by atoms with Gasteiger partial charge in [0.1, 0.15) is 5.82 Å². The first-order valence-corrected chi connectivity index (χ1v) is 7.00. The molecule has 1 aliphatic heterocycles. The van der Waals surface area contributed by atoms with E-state index >= 15 is 0 Å². The van der Waals surface area contributed by atoms with Crippen molar-refractivity contribution < 1.29 is 0 Å². The van der Waals surface area contributed by atoms with Crippen LogP contribution in [-0.4, -0.2) is 16.1 Å². The predicted molar refractivity (Wildman–Crippen MR) is 69.0 cm³/mol. The minimum atomic E-state index is 0.545. The zero-order chi connectivity index (χ0) is 11.9. The molecule has 0 amide bonds. The summed E-state index contributed by atoms with van der Waals surface area (Å²) in [7, 11) is 0. The molecule has 0 radical (unpaired) electrons. The summed E-state index contributed by atoms with van der Waals surface area (Å²) >= 11 is 0. The number of hydrogen-bond acceptors (Lipinski definition) is 2. The maximum absolute atomic E-state index is 4.81. The predicted octanol–water partition coefficient (Wildman–Crippen LogP) is 2.28. The van der Waals surface area contributed by atoms with Crippen molar-refractivity contribution in [1.82, 2.24) is 14.9 Å². The monoisotopic (exact) mass is 233 g/mol. The fourth-order valence-corrected chi connectivity index (χ4v) is 3.20. The van der Waals surface area contributed by atoms with Gasteiger partial charge in [-0.1, -0.05) is 20.3 Å². The van der Waals surface area contributed by atoms with Gasteiger partial charge in [-0.2, -0.15) is 0 Å². The Morgan fingerprint density at radius 2 is 2.24 bits per heavy atom. The lowest BCUT2D eigenvalue weighted by molar-refractivity contribution is 0.129. The second kappa shape index (κ2) is 4.13. The highest BCUT2D eigenvalue weighted by Gasteiger charge is 2.34. The van der Waals surface area contributed by atoms with Gasteiger partial charge in [0.2, 0.25) is 0 Å². The van der Waals surface area contributed by atoms with Gasteiger partial charge >= 0.3 is 0 Å². The van der Waals surface area contributed by atoms with Gasteiger partial charge in [-0.15, -0.1) is 0 Å². The Bertz CT molecular complexity index is 415. The number of aromatic nitrogens is 2. The topological polar surface area (TPSA) is 29.9 Å². The molecule has 1 aromatic heterocycles. The molecule has 2 heterocycles. The average Bonchev–Trinajstić information content (AvgIpc) is 2.65. The highest BCUT2D eigenvalue weighted by molar-refractivity contribution is 5.21. The average molecular weight is 233 g/mol. The molecule has 0 atom stereocenters. The largest absolute Gasteiger partial charge is 0.331 e. The molecule has 17 heavy (non-hydrogen) atoms. The van der Waals surface area contributed by atoms with Crippen molar-refractivity contribution in [3.8, 4) is 0 Å². The lowest BCUT2D eigenvalue weighted by Crippen LogP contribution is -2.33. The molecule has 1 fully saturated rings. The lowest BCUT2D eigenvalue weighted by Gasteiger charge is -2.39. The van der Waals surface area contributed by atoms with E-state index in [1.807, 2.05) is 0 Å². The van der Waals surface area contributed by atoms with E-state index in [1.165, 1.54) is 43.0 Å². The number of nitrogens with one attached hydrogen (secondary N) is 1. The molecule has 1 aromatic rings. The van der Waals surface area contributed by atoms with Crippen molar-refractivity contribution in [1.29, 1.82) is 0 Å². The van der Waals surface area contributed by atoms with Gasteiger partial charge in [-0.25, -0.2) is 4.98 Å². The van der Waals surface area contributed by atoms with E-state index in [9.17, 15) is 0 Å². The minimum absolute atomic E-state index is 0.545. The Labute approximate surface area is 104 Å². The van der Waals surface area contributed by atoms with Crippen LogP contribution in [0.4, 0.5) is 0 Å². The van der Waals surface area contributed by atoms with Crippen LogP contribution in [0.5, 0.6) is 0 Å². The molecule has 1 N–H and O–H groups in total. The fraction of sp³-hybridized carbons (Fsp3) is 0.786. The van der Waals surface area contributed by atoms with E-state index < -0.39 is 0 Å². The van der Waals surface area contributed by atoms with Crippen molar-refractivity contribution in [2.75, 3.05) is 6.54 Å². The number of nitrogens with zero attached hydrogens (tertiary/aromatic N) is 2. The summed E-state index contributed by atoms with van der Waals surface area (Å²) in [4.78, 5) is 4.81. The Kier molecular flexibility index (Phi) is 2.74. The number of hydrogen-bond donors (Lipinski definition) is 1. The first-order chi connectivity index (χ1) is 8.22. The van der Waals surface area contributed by atoms with Crippen molar-refractivity contribution in [2.45, 2.75) is 59.0 Å². The quantitative estimate of drug-likeness (QED) is 0.868. The summed E-state index contributed by atoms with van der Waals surface area (Å²) in [5, 5.41) is 3.42. The molecule has 1 aliphatic carbocycles. The summed E-state index contributed by atoms with van der Waals surface area (Å²) < 4.78 is 2.54. The minimum Gasteiger partial charge on any atom is -0.331 e. The SMILES string of the molecule is CCc1nc2c(n1CC1(C)CCC1)CCNC2. The van der Waals surface area contributed by atoms with Gasteiger partial charge in [0.05, 0.1) is 5.69 Å². The van der Waals surface area contributed by atoms with E-state index in [4.69, 9.17) is 4.98 Å². The molecule has 0 bridgehead atoms.